The van der Waals surface area contributed by atoms with Crippen molar-refractivity contribution in [3.63, 3.8) is 0 Å². The molecule has 3 heterocycles. The van der Waals surface area contributed by atoms with Gasteiger partial charge in [-0.05, 0) is 26.0 Å². The van der Waals surface area contributed by atoms with Crippen molar-refractivity contribution in [2.24, 2.45) is 0 Å². The lowest BCUT2D eigenvalue weighted by Gasteiger charge is -2.09. The zero-order valence-electron chi connectivity index (χ0n) is 12.5. The van der Waals surface area contributed by atoms with Gasteiger partial charge in [0, 0.05) is 16.1 Å². The van der Waals surface area contributed by atoms with Crippen LogP contribution >= 0.6 is 11.3 Å². The van der Waals surface area contributed by atoms with Crippen molar-refractivity contribution in [1.82, 2.24) is 14.8 Å². The summed E-state index contributed by atoms with van der Waals surface area (Å²) in [7, 11) is 0. The van der Waals surface area contributed by atoms with Crippen LogP contribution in [0.5, 0.6) is 0 Å². The van der Waals surface area contributed by atoms with Crippen LogP contribution in [0.4, 0.5) is 11.4 Å². The van der Waals surface area contributed by atoms with Crippen molar-refractivity contribution in [2.45, 2.75) is 27.1 Å². The van der Waals surface area contributed by atoms with Crippen molar-refractivity contribution >= 4 is 22.7 Å². The van der Waals surface area contributed by atoms with Gasteiger partial charge < -0.3 is 10.1 Å². The van der Waals surface area contributed by atoms with E-state index in [1.807, 2.05) is 25.1 Å². The van der Waals surface area contributed by atoms with E-state index in [1.165, 1.54) is 10.4 Å². The molecule has 2 aromatic heterocycles. The third kappa shape index (κ3) is 2.12. The first-order valence-electron chi connectivity index (χ1n) is 7.17. The molecule has 0 aliphatic carbocycles. The minimum absolute atomic E-state index is 0.492. The normalized spacial score (nSPS) is 13.4. The number of hydrogen-bond acceptors (Lipinski definition) is 5. The third-order valence-corrected chi connectivity index (χ3v) is 4.91. The fourth-order valence-corrected chi connectivity index (χ4v) is 3.91. The van der Waals surface area contributed by atoms with Gasteiger partial charge in [0.15, 0.2) is 5.82 Å². The summed E-state index contributed by atoms with van der Waals surface area (Å²) in [5.41, 5.74) is 3.39. The van der Waals surface area contributed by atoms with Crippen molar-refractivity contribution in [3.8, 4) is 5.00 Å². The molecule has 112 valence electrons. The van der Waals surface area contributed by atoms with E-state index in [2.05, 4.69) is 39.1 Å². The van der Waals surface area contributed by atoms with Crippen LogP contribution in [0.1, 0.15) is 22.1 Å². The van der Waals surface area contributed by atoms with E-state index in [4.69, 9.17) is 4.74 Å². The minimum Gasteiger partial charge on any atom is -0.369 e. The Bertz CT molecular complexity index is 822. The highest BCUT2D eigenvalue weighted by molar-refractivity contribution is 7.15. The SMILES string of the molecule is Cc1sc2c(c1Nc1ccccc1)COCc1nnc(C)n1-2. The Morgan fingerprint density at radius 3 is 2.77 bits per heavy atom. The van der Waals surface area contributed by atoms with Crippen molar-refractivity contribution in [1.29, 1.82) is 0 Å². The molecule has 0 atom stereocenters. The highest BCUT2D eigenvalue weighted by Gasteiger charge is 2.24. The van der Waals surface area contributed by atoms with Gasteiger partial charge in [0.25, 0.3) is 0 Å². The second kappa shape index (κ2) is 5.23. The van der Waals surface area contributed by atoms with Crippen LogP contribution in [0, 0.1) is 13.8 Å². The summed E-state index contributed by atoms with van der Waals surface area (Å²) in [6.07, 6.45) is 0. The Morgan fingerprint density at radius 2 is 1.95 bits per heavy atom. The zero-order chi connectivity index (χ0) is 15.1. The topological polar surface area (TPSA) is 52.0 Å². The molecule has 1 aliphatic rings. The van der Waals surface area contributed by atoms with Gasteiger partial charge in [-0.1, -0.05) is 18.2 Å². The predicted molar refractivity (Wildman–Crippen MR) is 86.9 cm³/mol. The predicted octanol–water partition coefficient (Wildman–Crippen LogP) is 3.72. The quantitative estimate of drug-likeness (QED) is 0.783. The second-order valence-electron chi connectivity index (χ2n) is 5.30. The van der Waals surface area contributed by atoms with Crippen LogP contribution < -0.4 is 5.32 Å². The summed E-state index contributed by atoms with van der Waals surface area (Å²) in [5, 5.41) is 13.1. The number of aromatic nitrogens is 3. The molecule has 0 fully saturated rings. The number of rotatable bonds is 2. The number of nitrogens with one attached hydrogen (secondary N) is 1. The monoisotopic (exact) mass is 312 g/mol. The Morgan fingerprint density at radius 1 is 1.14 bits per heavy atom. The summed E-state index contributed by atoms with van der Waals surface area (Å²) in [4.78, 5) is 1.23. The first-order chi connectivity index (χ1) is 10.7. The Kier molecular flexibility index (Phi) is 3.20. The molecule has 1 aliphatic heterocycles. The van der Waals surface area contributed by atoms with Crippen LogP contribution in [0.25, 0.3) is 5.00 Å². The van der Waals surface area contributed by atoms with E-state index in [0.29, 0.717) is 13.2 Å². The second-order valence-corrected chi connectivity index (χ2v) is 6.50. The molecule has 0 saturated heterocycles. The molecule has 0 amide bonds. The highest BCUT2D eigenvalue weighted by Crippen LogP contribution is 2.40. The van der Waals surface area contributed by atoms with Crippen LogP contribution in [0.2, 0.25) is 0 Å². The Hall–Kier alpha value is -2.18. The van der Waals surface area contributed by atoms with E-state index in [1.54, 1.807) is 11.3 Å². The van der Waals surface area contributed by atoms with Crippen LogP contribution in [0.15, 0.2) is 30.3 Å². The summed E-state index contributed by atoms with van der Waals surface area (Å²) in [5.74, 6) is 1.76. The zero-order valence-corrected chi connectivity index (χ0v) is 13.3. The molecule has 6 heteroatoms. The highest BCUT2D eigenvalue weighted by atomic mass is 32.1. The minimum atomic E-state index is 0.492. The maximum Gasteiger partial charge on any atom is 0.164 e. The lowest BCUT2D eigenvalue weighted by Crippen LogP contribution is -2.00. The van der Waals surface area contributed by atoms with Crippen molar-refractivity contribution < 1.29 is 4.74 Å². The Labute approximate surface area is 132 Å². The van der Waals surface area contributed by atoms with E-state index in [0.717, 1.165) is 28.0 Å². The number of para-hydroxylation sites is 1. The fourth-order valence-electron chi connectivity index (χ4n) is 2.73. The first kappa shape index (κ1) is 13.5. The lowest BCUT2D eigenvalue weighted by molar-refractivity contribution is 0.105. The van der Waals surface area contributed by atoms with Gasteiger partial charge in [-0.25, -0.2) is 0 Å². The molecule has 5 nitrogen and oxygen atoms in total. The number of nitrogens with zero attached hydrogens (tertiary/aromatic N) is 3. The number of benzene rings is 1. The first-order valence-corrected chi connectivity index (χ1v) is 7.99. The molecule has 3 aromatic rings. The molecule has 22 heavy (non-hydrogen) atoms. The van der Waals surface area contributed by atoms with Gasteiger partial charge in [-0.15, -0.1) is 21.5 Å². The third-order valence-electron chi connectivity index (χ3n) is 3.78. The van der Waals surface area contributed by atoms with Gasteiger partial charge in [0.05, 0.1) is 12.3 Å². The summed E-state index contributed by atoms with van der Waals surface area (Å²) >= 11 is 1.75. The molecule has 4 rings (SSSR count). The van der Waals surface area contributed by atoms with Gasteiger partial charge >= 0.3 is 0 Å². The molecule has 0 radical (unpaired) electrons. The number of hydrogen-bond donors (Lipinski definition) is 1. The average molecular weight is 312 g/mol. The lowest BCUT2D eigenvalue weighted by atomic mass is 10.2. The number of fused-ring (bicyclic) bond motifs is 3. The molecule has 1 N–H and O–H groups in total. The molecule has 0 saturated carbocycles. The maximum absolute atomic E-state index is 5.80. The largest absolute Gasteiger partial charge is 0.369 e. The number of anilines is 2. The van der Waals surface area contributed by atoms with E-state index in [9.17, 15) is 0 Å². The molecule has 0 unspecified atom stereocenters. The van der Waals surface area contributed by atoms with Crippen LogP contribution in [-0.4, -0.2) is 14.8 Å². The van der Waals surface area contributed by atoms with Gasteiger partial charge in [-0.2, -0.15) is 0 Å². The number of aryl methyl sites for hydroxylation is 2. The van der Waals surface area contributed by atoms with Gasteiger partial charge in [0.2, 0.25) is 0 Å². The number of thiophene rings is 1. The Balaban J connectivity index is 1.84. The van der Waals surface area contributed by atoms with E-state index >= 15 is 0 Å². The van der Waals surface area contributed by atoms with E-state index in [-0.39, 0.29) is 0 Å². The van der Waals surface area contributed by atoms with Crippen molar-refractivity contribution in [3.05, 3.63) is 52.4 Å². The molecular formula is C16H16N4OS. The van der Waals surface area contributed by atoms with Crippen molar-refractivity contribution in [2.75, 3.05) is 5.32 Å². The van der Waals surface area contributed by atoms with Crippen LogP contribution in [0.3, 0.4) is 0 Å². The molecular weight excluding hydrogens is 296 g/mol. The number of ether oxygens (including phenoxy) is 1. The fraction of sp³-hybridized carbons (Fsp3) is 0.250. The molecule has 0 bridgehead atoms. The standard InChI is InChI=1S/C16H16N4OS/c1-10-15(17-12-6-4-3-5-7-12)13-8-21-9-14-19-18-11(2)20(14)16(13)22-10/h3-7,17H,8-9H2,1-2H3. The summed E-state index contributed by atoms with van der Waals surface area (Å²) in [6.45, 7) is 5.18. The average Bonchev–Trinajstić information content (AvgIpc) is 2.96. The maximum atomic E-state index is 5.80. The molecule has 1 aromatic carbocycles. The summed E-state index contributed by atoms with van der Waals surface area (Å²) < 4.78 is 7.90. The van der Waals surface area contributed by atoms with E-state index < -0.39 is 0 Å². The summed E-state index contributed by atoms with van der Waals surface area (Å²) in [6, 6.07) is 10.2. The van der Waals surface area contributed by atoms with Gasteiger partial charge in [0.1, 0.15) is 17.4 Å². The van der Waals surface area contributed by atoms with Gasteiger partial charge in [-0.3, -0.25) is 4.57 Å². The molecule has 0 spiro atoms. The smallest absolute Gasteiger partial charge is 0.164 e. The van der Waals surface area contributed by atoms with Crippen LogP contribution in [-0.2, 0) is 18.0 Å².